The predicted molar refractivity (Wildman–Crippen MR) is 37.4 cm³/mol. The summed E-state index contributed by atoms with van der Waals surface area (Å²) in [6, 6.07) is 0. The average molecular weight is 142 g/mol. The second kappa shape index (κ2) is 2.57. The molecule has 0 fully saturated rings. The Morgan fingerprint density at radius 1 is 1.80 bits per heavy atom. The minimum absolute atomic E-state index is 0.499. The van der Waals surface area contributed by atoms with Crippen LogP contribution in [0, 0.1) is 0 Å². The van der Waals surface area contributed by atoms with E-state index in [-0.39, 0.29) is 0 Å². The number of nitrogens with one attached hydrogen (secondary N) is 1. The molecule has 10 heavy (non-hydrogen) atoms. The van der Waals surface area contributed by atoms with Crippen molar-refractivity contribution < 1.29 is 4.74 Å². The molecular weight excluding hydrogens is 132 g/mol. The van der Waals surface area contributed by atoms with Crippen molar-refractivity contribution in [3.8, 4) is 0 Å². The van der Waals surface area contributed by atoms with Crippen molar-refractivity contribution in [3.05, 3.63) is 11.8 Å². The second-order valence-corrected chi connectivity index (χ2v) is 1.93. The van der Waals surface area contributed by atoms with E-state index in [2.05, 4.69) is 10.5 Å². The summed E-state index contributed by atoms with van der Waals surface area (Å²) in [6.07, 6.45) is 1.75. The minimum atomic E-state index is 0.499. The molecule has 0 aromatic heterocycles. The quantitative estimate of drug-likeness (QED) is 0.449. The van der Waals surface area contributed by atoms with Crippen LogP contribution in [0.5, 0.6) is 0 Å². The third-order valence-electron chi connectivity index (χ3n) is 1.05. The van der Waals surface area contributed by atoms with E-state index in [1.807, 2.05) is 6.92 Å². The molecule has 0 aromatic carbocycles. The summed E-state index contributed by atoms with van der Waals surface area (Å²) < 4.78 is 4.84. The fourth-order valence-electron chi connectivity index (χ4n) is 0.658. The molecule has 0 atom stereocenters. The Labute approximate surface area is 59.1 Å². The first-order chi connectivity index (χ1) is 4.72. The van der Waals surface area contributed by atoms with Crippen LogP contribution < -0.4 is 11.3 Å². The molecule has 0 saturated carbocycles. The molecule has 0 aromatic rings. The zero-order valence-electron chi connectivity index (χ0n) is 5.96. The van der Waals surface area contributed by atoms with Gasteiger partial charge in [0.15, 0.2) is 0 Å². The standard InChI is InChI=1S/C5H10N4O/c1-4-3-5(10-2)8-9(6)7-4/h3,7H,6H2,1-2H3. The maximum atomic E-state index is 5.30. The minimum Gasteiger partial charge on any atom is -0.480 e. The Kier molecular flexibility index (Phi) is 1.77. The van der Waals surface area contributed by atoms with Crippen LogP contribution in [0.4, 0.5) is 0 Å². The molecule has 3 N–H and O–H groups in total. The molecule has 56 valence electrons. The second-order valence-electron chi connectivity index (χ2n) is 1.93. The largest absolute Gasteiger partial charge is 0.480 e. The highest BCUT2D eigenvalue weighted by atomic mass is 16.5. The summed E-state index contributed by atoms with van der Waals surface area (Å²) in [7, 11) is 1.54. The first-order valence-corrected chi connectivity index (χ1v) is 2.85. The summed E-state index contributed by atoms with van der Waals surface area (Å²) in [5, 5.41) is 4.87. The normalized spacial score (nSPS) is 17.3. The van der Waals surface area contributed by atoms with Crippen LogP contribution in [-0.4, -0.2) is 18.2 Å². The van der Waals surface area contributed by atoms with E-state index < -0.39 is 0 Å². The summed E-state index contributed by atoms with van der Waals surface area (Å²) >= 11 is 0. The third kappa shape index (κ3) is 1.38. The van der Waals surface area contributed by atoms with E-state index >= 15 is 0 Å². The zero-order valence-corrected chi connectivity index (χ0v) is 5.96. The number of hydrogen-bond acceptors (Lipinski definition) is 5. The predicted octanol–water partition coefficient (Wildman–Crippen LogP) is -0.456. The fourth-order valence-corrected chi connectivity index (χ4v) is 0.658. The van der Waals surface area contributed by atoms with Gasteiger partial charge in [-0.05, 0) is 6.92 Å². The van der Waals surface area contributed by atoms with E-state index in [4.69, 9.17) is 10.6 Å². The lowest BCUT2D eigenvalue weighted by molar-refractivity contribution is 0.212. The van der Waals surface area contributed by atoms with E-state index in [0.29, 0.717) is 5.90 Å². The number of hydrogen-bond donors (Lipinski definition) is 2. The van der Waals surface area contributed by atoms with Crippen LogP contribution >= 0.6 is 0 Å². The smallest absolute Gasteiger partial charge is 0.235 e. The molecule has 5 heteroatoms. The van der Waals surface area contributed by atoms with Gasteiger partial charge < -0.3 is 4.74 Å². The Morgan fingerprint density at radius 2 is 2.50 bits per heavy atom. The fraction of sp³-hybridized carbons (Fsp3) is 0.400. The maximum Gasteiger partial charge on any atom is 0.235 e. The number of hydrazone groups is 1. The molecular formula is C5H10N4O. The number of ether oxygens (including phenoxy) is 1. The number of nitrogens with two attached hydrogens (primary N) is 1. The lowest BCUT2D eigenvalue weighted by Gasteiger charge is -2.19. The number of methoxy groups -OCH3 is 1. The van der Waals surface area contributed by atoms with Crippen molar-refractivity contribution in [2.75, 3.05) is 7.11 Å². The van der Waals surface area contributed by atoms with Crippen LogP contribution in [0.15, 0.2) is 16.9 Å². The van der Waals surface area contributed by atoms with E-state index in [9.17, 15) is 0 Å². The molecule has 1 heterocycles. The highest BCUT2D eigenvalue weighted by Gasteiger charge is 2.05. The van der Waals surface area contributed by atoms with Gasteiger partial charge in [-0.3, -0.25) is 5.43 Å². The van der Waals surface area contributed by atoms with Gasteiger partial charge in [-0.1, -0.05) is 0 Å². The highest BCUT2D eigenvalue weighted by Crippen LogP contribution is 1.97. The van der Waals surface area contributed by atoms with Gasteiger partial charge >= 0.3 is 0 Å². The van der Waals surface area contributed by atoms with Gasteiger partial charge in [-0.15, -0.1) is 10.3 Å². The Bertz CT molecular complexity index is 186. The van der Waals surface area contributed by atoms with Gasteiger partial charge in [0.1, 0.15) is 0 Å². The first kappa shape index (κ1) is 6.88. The van der Waals surface area contributed by atoms with Crippen molar-refractivity contribution in [2.24, 2.45) is 10.9 Å². The molecule has 1 aliphatic heterocycles. The molecule has 0 radical (unpaired) electrons. The van der Waals surface area contributed by atoms with E-state index in [1.54, 1.807) is 13.2 Å². The topological polar surface area (TPSA) is 62.9 Å². The Morgan fingerprint density at radius 3 is 3.00 bits per heavy atom. The molecule has 0 saturated heterocycles. The molecule has 1 rings (SSSR count). The van der Waals surface area contributed by atoms with Crippen LogP contribution in [0.1, 0.15) is 6.92 Å². The van der Waals surface area contributed by atoms with Crippen molar-refractivity contribution in [2.45, 2.75) is 6.92 Å². The lowest BCUT2D eigenvalue weighted by atomic mass is 10.4. The lowest BCUT2D eigenvalue weighted by Crippen LogP contribution is -2.41. The van der Waals surface area contributed by atoms with Gasteiger partial charge in [-0.25, -0.2) is 5.84 Å². The van der Waals surface area contributed by atoms with Crippen LogP contribution in [0.3, 0.4) is 0 Å². The molecule has 0 spiro atoms. The maximum absolute atomic E-state index is 5.30. The van der Waals surface area contributed by atoms with Gasteiger partial charge in [0.25, 0.3) is 0 Å². The Hall–Kier alpha value is -1.23. The van der Waals surface area contributed by atoms with Gasteiger partial charge in [0.05, 0.1) is 7.11 Å². The number of rotatable bonds is 0. The molecule has 5 nitrogen and oxygen atoms in total. The van der Waals surface area contributed by atoms with Crippen molar-refractivity contribution >= 4 is 5.90 Å². The SMILES string of the molecule is COC1=NN(N)NC(C)=C1. The van der Waals surface area contributed by atoms with Crippen LogP contribution in [-0.2, 0) is 4.74 Å². The van der Waals surface area contributed by atoms with Gasteiger partial charge in [-0.2, -0.15) is 0 Å². The zero-order chi connectivity index (χ0) is 7.56. The molecule has 0 bridgehead atoms. The summed E-state index contributed by atoms with van der Waals surface area (Å²) in [5.74, 6) is 5.80. The van der Waals surface area contributed by atoms with Crippen LogP contribution in [0.2, 0.25) is 0 Å². The number of hydrazine groups is 2. The summed E-state index contributed by atoms with van der Waals surface area (Å²) in [5.41, 5.74) is 3.65. The monoisotopic (exact) mass is 142 g/mol. The van der Waals surface area contributed by atoms with Crippen molar-refractivity contribution in [1.82, 2.24) is 10.7 Å². The highest BCUT2D eigenvalue weighted by molar-refractivity contribution is 5.88. The first-order valence-electron chi connectivity index (χ1n) is 2.85. The molecule has 1 aliphatic rings. The number of allylic oxidation sites excluding steroid dienone is 1. The van der Waals surface area contributed by atoms with E-state index in [1.165, 1.54) is 0 Å². The van der Waals surface area contributed by atoms with Crippen molar-refractivity contribution in [1.29, 1.82) is 0 Å². The van der Waals surface area contributed by atoms with Crippen LogP contribution in [0.25, 0.3) is 0 Å². The summed E-state index contributed by atoms with van der Waals surface area (Å²) in [6.45, 7) is 1.87. The van der Waals surface area contributed by atoms with E-state index in [0.717, 1.165) is 10.9 Å². The van der Waals surface area contributed by atoms with Gasteiger partial charge in [0.2, 0.25) is 5.90 Å². The Balaban J connectivity index is 2.72. The number of nitrogens with zero attached hydrogens (tertiary/aromatic N) is 2. The molecule has 0 unspecified atom stereocenters. The van der Waals surface area contributed by atoms with Gasteiger partial charge in [0, 0.05) is 11.8 Å². The molecule has 0 aliphatic carbocycles. The van der Waals surface area contributed by atoms with Crippen molar-refractivity contribution in [3.63, 3.8) is 0 Å². The molecule has 0 amide bonds. The third-order valence-corrected chi connectivity index (χ3v) is 1.05. The average Bonchev–Trinajstić information content (AvgIpc) is 1.85. The summed E-state index contributed by atoms with van der Waals surface area (Å²) in [4.78, 5) is 0.